The molecule has 0 aliphatic heterocycles. The molecule has 1 heteroatoms. The van der Waals surface area contributed by atoms with E-state index in [1.165, 1.54) is 0 Å². The first kappa shape index (κ1) is 12.9. The highest BCUT2D eigenvalue weighted by molar-refractivity contribution is 5.95. The molecule has 0 heterocycles. The van der Waals surface area contributed by atoms with E-state index in [2.05, 4.69) is 13.8 Å². The zero-order valence-corrected chi connectivity index (χ0v) is 9.79. The van der Waals surface area contributed by atoms with Gasteiger partial charge in [0.1, 0.15) is 0 Å². The summed E-state index contributed by atoms with van der Waals surface area (Å²) in [4.78, 5) is 11.2. The minimum absolute atomic E-state index is 0.152. The lowest BCUT2D eigenvalue weighted by molar-refractivity contribution is 0.101. The smallest absolute Gasteiger partial charge is 0.160 e. The monoisotopic (exact) mass is 192 g/mol. The topological polar surface area (TPSA) is 17.1 Å². The van der Waals surface area contributed by atoms with Crippen molar-refractivity contribution in [1.82, 2.24) is 0 Å². The van der Waals surface area contributed by atoms with Gasteiger partial charge in [0.15, 0.2) is 5.78 Å². The van der Waals surface area contributed by atoms with Crippen molar-refractivity contribution in [3.8, 4) is 0 Å². The third kappa shape index (κ3) is 3.33. The van der Waals surface area contributed by atoms with E-state index in [0.717, 1.165) is 11.1 Å². The highest BCUT2D eigenvalue weighted by Crippen LogP contribution is 2.19. The van der Waals surface area contributed by atoms with Crippen LogP contribution >= 0.6 is 0 Å². The fourth-order valence-corrected chi connectivity index (χ4v) is 1.32. The summed E-state index contributed by atoms with van der Waals surface area (Å²) in [6.07, 6.45) is 0. The molecule has 0 N–H and O–H groups in total. The second kappa shape index (κ2) is 6.36. The molecular formula is C13H20O. The molecule has 0 aliphatic carbocycles. The minimum Gasteiger partial charge on any atom is -0.295 e. The van der Waals surface area contributed by atoms with Gasteiger partial charge in [-0.3, -0.25) is 4.79 Å². The lowest BCUT2D eigenvalue weighted by Gasteiger charge is -2.09. The van der Waals surface area contributed by atoms with Gasteiger partial charge in [-0.2, -0.15) is 0 Å². The molecule has 1 aromatic rings. The summed E-state index contributed by atoms with van der Waals surface area (Å²) < 4.78 is 0. The molecule has 0 bridgehead atoms. The standard InChI is InChI=1S/C11H14O.C2H6/c1-8(2)10-6-4-5-7-11(10)9(3)12;1-2/h4-8H,1-3H3;1-2H3. The molecule has 0 spiro atoms. The zero-order chi connectivity index (χ0) is 11.1. The average Bonchev–Trinajstić information content (AvgIpc) is 2.20. The van der Waals surface area contributed by atoms with Crippen LogP contribution in [0.3, 0.4) is 0 Å². The fraction of sp³-hybridized carbons (Fsp3) is 0.462. The number of rotatable bonds is 2. The van der Waals surface area contributed by atoms with Crippen LogP contribution in [0.25, 0.3) is 0 Å². The highest BCUT2D eigenvalue weighted by atomic mass is 16.1. The maximum Gasteiger partial charge on any atom is 0.160 e. The first-order chi connectivity index (χ1) is 6.63. The molecule has 1 aromatic carbocycles. The second-order valence-corrected chi connectivity index (χ2v) is 3.30. The SMILES string of the molecule is CC.CC(=O)c1ccccc1C(C)C. The van der Waals surface area contributed by atoms with E-state index in [-0.39, 0.29) is 5.78 Å². The fourth-order valence-electron chi connectivity index (χ4n) is 1.32. The largest absolute Gasteiger partial charge is 0.295 e. The van der Waals surface area contributed by atoms with Crippen molar-refractivity contribution in [2.45, 2.75) is 40.5 Å². The van der Waals surface area contributed by atoms with Crippen LogP contribution in [-0.4, -0.2) is 5.78 Å². The quantitative estimate of drug-likeness (QED) is 0.646. The summed E-state index contributed by atoms with van der Waals surface area (Å²) in [5.41, 5.74) is 2.00. The van der Waals surface area contributed by atoms with E-state index in [9.17, 15) is 4.79 Å². The van der Waals surface area contributed by atoms with E-state index >= 15 is 0 Å². The van der Waals surface area contributed by atoms with Gasteiger partial charge in [0.2, 0.25) is 0 Å². The molecule has 78 valence electrons. The molecule has 0 radical (unpaired) electrons. The van der Waals surface area contributed by atoms with E-state index in [0.29, 0.717) is 5.92 Å². The Labute approximate surface area is 87.2 Å². The van der Waals surface area contributed by atoms with Crippen molar-refractivity contribution in [2.24, 2.45) is 0 Å². The average molecular weight is 192 g/mol. The third-order valence-electron chi connectivity index (χ3n) is 1.96. The van der Waals surface area contributed by atoms with Crippen LogP contribution in [0.1, 0.15) is 56.5 Å². The van der Waals surface area contributed by atoms with E-state index < -0.39 is 0 Å². The number of carbonyl (C=O) groups is 1. The number of benzene rings is 1. The van der Waals surface area contributed by atoms with Gasteiger partial charge in [0, 0.05) is 5.56 Å². The van der Waals surface area contributed by atoms with Crippen molar-refractivity contribution in [1.29, 1.82) is 0 Å². The summed E-state index contributed by atoms with van der Waals surface area (Å²) in [6.45, 7) is 9.81. The van der Waals surface area contributed by atoms with Crippen molar-refractivity contribution < 1.29 is 4.79 Å². The lowest BCUT2D eigenvalue weighted by Crippen LogP contribution is -2.00. The maximum absolute atomic E-state index is 11.2. The van der Waals surface area contributed by atoms with E-state index in [1.807, 2.05) is 38.1 Å². The number of hydrogen-bond donors (Lipinski definition) is 0. The molecule has 14 heavy (non-hydrogen) atoms. The number of Topliss-reactive ketones (excluding diaryl/α,β-unsaturated/α-hetero) is 1. The molecule has 0 aromatic heterocycles. The predicted molar refractivity (Wildman–Crippen MR) is 61.9 cm³/mol. The summed E-state index contributed by atoms with van der Waals surface area (Å²) in [7, 11) is 0. The second-order valence-electron chi connectivity index (χ2n) is 3.30. The molecule has 0 fully saturated rings. The molecule has 1 nitrogen and oxygen atoms in total. The van der Waals surface area contributed by atoms with Crippen LogP contribution < -0.4 is 0 Å². The normalized spacial score (nSPS) is 9.29. The van der Waals surface area contributed by atoms with Crippen LogP contribution in [-0.2, 0) is 0 Å². The Balaban J connectivity index is 0.000000791. The molecule has 0 saturated heterocycles. The number of hydrogen-bond acceptors (Lipinski definition) is 1. The summed E-state index contributed by atoms with van der Waals surface area (Å²) in [5, 5.41) is 0. The van der Waals surface area contributed by atoms with Crippen molar-refractivity contribution in [2.75, 3.05) is 0 Å². The number of carbonyl (C=O) groups excluding carboxylic acids is 1. The number of ketones is 1. The molecular weight excluding hydrogens is 172 g/mol. The van der Waals surface area contributed by atoms with Crippen molar-refractivity contribution in [3.05, 3.63) is 35.4 Å². The summed E-state index contributed by atoms with van der Waals surface area (Å²) in [5.74, 6) is 0.574. The van der Waals surface area contributed by atoms with E-state index in [1.54, 1.807) is 6.92 Å². The zero-order valence-electron chi connectivity index (χ0n) is 9.79. The van der Waals surface area contributed by atoms with Crippen molar-refractivity contribution in [3.63, 3.8) is 0 Å². The van der Waals surface area contributed by atoms with Crippen LogP contribution in [0, 0.1) is 0 Å². The Morgan fingerprint density at radius 2 is 1.64 bits per heavy atom. The molecule has 0 amide bonds. The van der Waals surface area contributed by atoms with Gasteiger partial charge in [-0.05, 0) is 18.4 Å². The molecule has 1 rings (SSSR count). The van der Waals surface area contributed by atoms with Crippen LogP contribution in [0.2, 0.25) is 0 Å². The molecule has 0 saturated carbocycles. The third-order valence-corrected chi connectivity index (χ3v) is 1.96. The van der Waals surface area contributed by atoms with Gasteiger partial charge in [0.25, 0.3) is 0 Å². The van der Waals surface area contributed by atoms with Crippen LogP contribution in [0.4, 0.5) is 0 Å². The Kier molecular flexibility index (Phi) is 5.86. The lowest BCUT2D eigenvalue weighted by atomic mass is 9.95. The summed E-state index contributed by atoms with van der Waals surface area (Å²) >= 11 is 0. The van der Waals surface area contributed by atoms with Gasteiger partial charge >= 0.3 is 0 Å². The van der Waals surface area contributed by atoms with Gasteiger partial charge in [-0.15, -0.1) is 0 Å². The van der Waals surface area contributed by atoms with Crippen LogP contribution in [0.15, 0.2) is 24.3 Å². The summed E-state index contributed by atoms with van der Waals surface area (Å²) in [6, 6.07) is 7.78. The Morgan fingerprint density at radius 3 is 2.00 bits per heavy atom. The molecule has 0 atom stereocenters. The predicted octanol–water partition coefficient (Wildman–Crippen LogP) is 4.04. The minimum atomic E-state index is 0.152. The molecule has 0 aliphatic rings. The van der Waals surface area contributed by atoms with E-state index in [4.69, 9.17) is 0 Å². The van der Waals surface area contributed by atoms with Gasteiger partial charge < -0.3 is 0 Å². The highest BCUT2D eigenvalue weighted by Gasteiger charge is 2.08. The maximum atomic E-state index is 11.2. The Hall–Kier alpha value is -1.11. The van der Waals surface area contributed by atoms with Gasteiger partial charge in [-0.1, -0.05) is 52.0 Å². The molecule has 0 unspecified atom stereocenters. The Morgan fingerprint density at radius 1 is 1.14 bits per heavy atom. The van der Waals surface area contributed by atoms with Gasteiger partial charge in [-0.25, -0.2) is 0 Å². The van der Waals surface area contributed by atoms with Gasteiger partial charge in [0.05, 0.1) is 0 Å². The first-order valence-corrected chi connectivity index (χ1v) is 5.22. The van der Waals surface area contributed by atoms with Crippen molar-refractivity contribution >= 4 is 5.78 Å². The first-order valence-electron chi connectivity index (χ1n) is 5.22. The van der Waals surface area contributed by atoms with Crippen LogP contribution in [0.5, 0.6) is 0 Å². The Bertz CT molecular complexity index is 287.